The monoisotopic (exact) mass is 1180 g/mol. The number of hydrogen-bond donors (Lipinski definition) is 3. The molecule has 80 heavy (non-hydrogen) atoms. The van der Waals surface area contributed by atoms with Gasteiger partial charge in [0.25, 0.3) is 0 Å². The number of esters is 4. The molecule has 6 atom stereocenters. The molecule has 17 nitrogen and oxygen atoms in total. The minimum atomic E-state index is -4.94. The Hall–Kier alpha value is -1.94. The van der Waals surface area contributed by atoms with Crippen molar-refractivity contribution in [3.8, 4) is 0 Å². The first-order valence-electron chi connectivity index (χ1n) is 31.7. The Balaban J connectivity index is 5.25. The van der Waals surface area contributed by atoms with E-state index >= 15 is 0 Å². The van der Waals surface area contributed by atoms with Crippen molar-refractivity contribution < 1.29 is 80.2 Å². The molecule has 0 radical (unpaired) electrons. The van der Waals surface area contributed by atoms with Crippen molar-refractivity contribution in [3.05, 3.63) is 0 Å². The highest BCUT2D eigenvalue weighted by molar-refractivity contribution is 7.47. The fraction of sp³-hybridized carbons (Fsp3) is 0.934. The second-order valence-corrected chi connectivity index (χ2v) is 26.7. The minimum Gasteiger partial charge on any atom is -0.462 e. The van der Waals surface area contributed by atoms with Crippen LogP contribution in [-0.2, 0) is 65.4 Å². The zero-order chi connectivity index (χ0) is 59.7. The van der Waals surface area contributed by atoms with E-state index in [0.717, 1.165) is 109 Å². The van der Waals surface area contributed by atoms with Crippen LogP contribution in [0.1, 0.15) is 287 Å². The molecule has 19 heteroatoms. The van der Waals surface area contributed by atoms with Crippen LogP contribution < -0.4 is 0 Å². The Labute approximate surface area is 486 Å². The lowest BCUT2D eigenvalue weighted by Crippen LogP contribution is -2.30. The van der Waals surface area contributed by atoms with E-state index in [1.165, 1.54) is 77.0 Å². The van der Waals surface area contributed by atoms with Crippen LogP contribution in [0.4, 0.5) is 0 Å². The molecule has 0 bridgehead atoms. The molecule has 0 spiro atoms. The summed E-state index contributed by atoms with van der Waals surface area (Å²) >= 11 is 0. The lowest BCUT2D eigenvalue weighted by Gasteiger charge is -2.21. The number of rotatable bonds is 58. The molecule has 0 aliphatic rings. The second kappa shape index (κ2) is 51.5. The van der Waals surface area contributed by atoms with E-state index in [0.29, 0.717) is 43.4 Å². The molecule has 0 aromatic carbocycles. The van der Waals surface area contributed by atoms with Gasteiger partial charge < -0.3 is 33.8 Å². The summed E-state index contributed by atoms with van der Waals surface area (Å²) < 4.78 is 67.8. The molecule has 0 aliphatic heterocycles. The van der Waals surface area contributed by atoms with Gasteiger partial charge in [-0.25, -0.2) is 9.13 Å². The van der Waals surface area contributed by atoms with Crippen molar-refractivity contribution in [2.45, 2.75) is 305 Å². The van der Waals surface area contributed by atoms with Gasteiger partial charge in [-0.1, -0.05) is 235 Å². The average Bonchev–Trinajstić information content (AvgIpc) is 3.40. The Morgan fingerprint density at radius 3 is 0.887 bits per heavy atom. The van der Waals surface area contributed by atoms with Gasteiger partial charge >= 0.3 is 39.5 Å². The van der Waals surface area contributed by atoms with E-state index in [2.05, 4.69) is 55.4 Å². The van der Waals surface area contributed by atoms with Gasteiger partial charge in [-0.3, -0.25) is 37.3 Å². The first-order valence-corrected chi connectivity index (χ1v) is 34.7. The van der Waals surface area contributed by atoms with Gasteiger partial charge in [-0.05, 0) is 49.4 Å². The summed E-state index contributed by atoms with van der Waals surface area (Å²) in [7, 11) is -9.88. The lowest BCUT2D eigenvalue weighted by molar-refractivity contribution is -0.161. The molecule has 0 heterocycles. The molecule has 3 unspecified atom stereocenters. The number of aliphatic hydroxyl groups is 1. The third-order valence-corrected chi connectivity index (χ3v) is 16.1. The number of carbonyl (C=O) groups excluding carboxylic acids is 4. The highest BCUT2D eigenvalue weighted by atomic mass is 31.2. The van der Waals surface area contributed by atoms with Gasteiger partial charge in [0.1, 0.15) is 19.3 Å². The lowest BCUT2D eigenvalue weighted by atomic mass is 9.99. The molecule has 0 aliphatic carbocycles. The Bertz CT molecular complexity index is 1610. The molecule has 0 rings (SSSR count). The van der Waals surface area contributed by atoms with E-state index < -0.39 is 97.5 Å². The predicted molar refractivity (Wildman–Crippen MR) is 317 cm³/mol. The Morgan fingerprint density at radius 2 is 0.600 bits per heavy atom. The van der Waals surface area contributed by atoms with E-state index in [1.54, 1.807) is 0 Å². The summed E-state index contributed by atoms with van der Waals surface area (Å²) in [6, 6.07) is 0. The number of unbranched alkanes of at least 4 members (excludes halogenated alkanes) is 23. The summed E-state index contributed by atoms with van der Waals surface area (Å²) in [5.41, 5.74) is 0. The van der Waals surface area contributed by atoms with Gasteiger partial charge in [0, 0.05) is 25.7 Å². The first kappa shape index (κ1) is 78.1. The molecular formula is C61H118O17P2. The molecule has 0 amide bonds. The summed E-state index contributed by atoms with van der Waals surface area (Å²) in [6.45, 7) is 13.8. The number of aliphatic hydroxyl groups excluding tert-OH is 1. The van der Waals surface area contributed by atoms with Crippen molar-refractivity contribution >= 4 is 39.5 Å². The summed E-state index contributed by atoms with van der Waals surface area (Å²) in [5.74, 6) is 0.673. The number of hydrogen-bond acceptors (Lipinski definition) is 15. The highest BCUT2D eigenvalue weighted by Gasteiger charge is 2.30. The molecule has 0 aromatic rings. The quantitative estimate of drug-likeness (QED) is 0.0222. The van der Waals surface area contributed by atoms with Crippen LogP contribution in [0, 0.1) is 23.7 Å². The third-order valence-electron chi connectivity index (χ3n) is 14.2. The van der Waals surface area contributed by atoms with E-state index in [1.807, 2.05) is 0 Å². The zero-order valence-electron chi connectivity index (χ0n) is 51.7. The SMILES string of the molecule is CCC(C)CCCCCCCCCCC(=O)O[C@H](COC(=O)CCCCCCCCCC(C)C)COP(=O)(O)OC[C@@H](O)COP(=O)(O)OC[C@@H](COC(=O)CCCCCCCCC(C)C)OC(=O)CCCCCCCCC(C)C. The Kier molecular flexibility index (Phi) is 50.2. The van der Waals surface area contributed by atoms with Crippen LogP contribution in [-0.4, -0.2) is 96.7 Å². The van der Waals surface area contributed by atoms with Gasteiger partial charge in [0.15, 0.2) is 12.2 Å². The summed E-state index contributed by atoms with van der Waals surface area (Å²) in [6.07, 6.45) is 29.7. The zero-order valence-corrected chi connectivity index (χ0v) is 53.5. The number of phosphoric ester groups is 2. The van der Waals surface area contributed by atoms with Crippen molar-refractivity contribution in [1.29, 1.82) is 0 Å². The van der Waals surface area contributed by atoms with E-state index in [9.17, 15) is 43.2 Å². The minimum absolute atomic E-state index is 0.100. The van der Waals surface area contributed by atoms with Crippen LogP contribution in [0.15, 0.2) is 0 Å². The molecule has 3 N–H and O–H groups in total. The smallest absolute Gasteiger partial charge is 0.462 e. The van der Waals surface area contributed by atoms with Gasteiger partial charge in [0.05, 0.1) is 26.4 Å². The predicted octanol–water partition coefficient (Wildman–Crippen LogP) is 16.2. The maximum Gasteiger partial charge on any atom is 0.472 e. The average molecular weight is 1190 g/mol. The topological polar surface area (TPSA) is 237 Å². The maximum atomic E-state index is 12.9. The van der Waals surface area contributed by atoms with Crippen molar-refractivity contribution in [3.63, 3.8) is 0 Å². The third kappa shape index (κ3) is 54.0. The molecule has 474 valence electrons. The molecule has 0 saturated heterocycles. The first-order chi connectivity index (χ1) is 38.1. The van der Waals surface area contributed by atoms with Crippen LogP contribution in [0.5, 0.6) is 0 Å². The van der Waals surface area contributed by atoms with Gasteiger partial charge in [0.2, 0.25) is 0 Å². The second-order valence-electron chi connectivity index (χ2n) is 23.8. The largest absolute Gasteiger partial charge is 0.472 e. The standard InChI is InChI=1S/C61H118O17P2/c1-9-54(8)40-32-24-14-10-11-15-27-35-43-60(65)77-56(47-71-58(63)41-33-25-16-12-13-21-29-37-51(2)3)49-75-79(67,68)73-45-55(62)46-74-80(69,70)76-50-57(78-61(66)44-36-28-20-18-23-31-39-53(6)7)48-72-59(64)42-34-26-19-17-22-30-38-52(4)5/h51-57,62H,9-50H2,1-8H3,(H,67,68)(H,69,70)/t54?,55-,56-,57-/m1/s1. The number of carbonyl (C=O) groups is 4. The molecule has 0 aromatic heterocycles. The highest BCUT2D eigenvalue weighted by Crippen LogP contribution is 2.45. The summed E-state index contributed by atoms with van der Waals surface area (Å²) in [4.78, 5) is 72.0. The van der Waals surface area contributed by atoms with Crippen LogP contribution >= 0.6 is 15.6 Å². The van der Waals surface area contributed by atoms with E-state index in [-0.39, 0.29) is 25.7 Å². The van der Waals surface area contributed by atoms with Crippen molar-refractivity contribution in [2.24, 2.45) is 23.7 Å². The van der Waals surface area contributed by atoms with E-state index in [4.69, 9.17) is 37.0 Å². The number of phosphoric acid groups is 2. The van der Waals surface area contributed by atoms with Gasteiger partial charge in [-0.15, -0.1) is 0 Å². The summed E-state index contributed by atoms with van der Waals surface area (Å²) in [5, 5.41) is 10.5. The van der Waals surface area contributed by atoms with Crippen molar-refractivity contribution in [2.75, 3.05) is 39.6 Å². The fourth-order valence-electron chi connectivity index (χ4n) is 8.87. The van der Waals surface area contributed by atoms with Crippen LogP contribution in [0.2, 0.25) is 0 Å². The fourth-order valence-corrected chi connectivity index (χ4v) is 10.4. The molecule has 0 saturated carbocycles. The normalized spacial score (nSPS) is 14.9. The van der Waals surface area contributed by atoms with Crippen LogP contribution in [0.25, 0.3) is 0 Å². The Morgan fingerprint density at radius 1 is 0.350 bits per heavy atom. The number of ether oxygens (including phenoxy) is 4. The molecular weight excluding hydrogens is 1070 g/mol. The van der Waals surface area contributed by atoms with Crippen LogP contribution in [0.3, 0.4) is 0 Å². The maximum absolute atomic E-state index is 12.9. The van der Waals surface area contributed by atoms with Gasteiger partial charge in [-0.2, -0.15) is 0 Å². The molecule has 0 fully saturated rings. The van der Waals surface area contributed by atoms with Crippen molar-refractivity contribution in [1.82, 2.24) is 0 Å².